The van der Waals surface area contributed by atoms with Crippen molar-refractivity contribution in [3.8, 4) is 0 Å². The van der Waals surface area contributed by atoms with E-state index in [2.05, 4.69) is 17.2 Å². The number of amides is 1. The molecule has 5 heteroatoms. The second kappa shape index (κ2) is 6.25. The van der Waals surface area contributed by atoms with Gasteiger partial charge in [0.15, 0.2) is 5.69 Å². The Bertz CT molecular complexity index is 346. The van der Waals surface area contributed by atoms with Crippen LogP contribution < -0.4 is 5.73 Å². The molecule has 0 aliphatic rings. The number of carbonyl (C=O) groups is 1. The summed E-state index contributed by atoms with van der Waals surface area (Å²) >= 11 is 0. The Morgan fingerprint density at radius 2 is 2.06 bits per heavy atom. The zero-order valence-electron chi connectivity index (χ0n) is 10.1. The van der Waals surface area contributed by atoms with Crippen LogP contribution in [0.5, 0.6) is 0 Å². The van der Waals surface area contributed by atoms with Crippen molar-refractivity contribution >= 4 is 5.91 Å². The van der Waals surface area contributed by atoms with Crippen molar-refractivity contribution in [2.75, 3.05) is 0 Å². The van der Waals surface area contributed by atoms with Crippen LogP contribution in [-0.4, -0.2) is 20.9 Å². The Balaban J connectivity index is 2.62. The molecular weight excluding hydrogens is 204 g/mol. The fourth-order valence-corrected chi connectivity index (χ4v) is 1.74. The Kier molecular flexibility index (Phi) is 4.95. The number of rotatable bonds is 7. The summed E-state index contributed by atoms with van der Waals surface area (Å²) in [5, 5.41) is 7.80. The third-order valence-electron chi connectivity index (χ3n) is 2.63. The lowest BCUT2D eigenvalue weighted by molar-refractivity contribution is 0.0994. The molecule has 0 aliphatic carbocycles. The molecular formula is C11H20N4O. The first-order valence-corrected chi connectivity index (χ1v) is 5.92. The van der Waals surface area contributed by atoms with Crippen molar-refractivity contribution in [1.82, 2.24) is 15.0 Å². The van der Waals surface area contributed by atoms with Crippen molar-refractivity contribution in [2.24, 2.45) is 5.73 Å². The minimum Gasteiger partial charge on any atom is -0.364 e. The van der Waals surface area contributed by atoms with E-state index < -0.39 is 5.91 Å². The Morgan fingerprint density at radius 3 is 2.62 bits per heavy atom. The van der Waals surface area contributed by atoms with Gasteiger partial charge in [0.05, 0.1) is 5.69 Å². The van der Waals surface area contributed by atoms with Gasteiger partial charge in [0.25, 0.3) is 5.91 Å². The number of nitrogens with zero attached hydrogens (tertiary/aromatic N) is 3. The third kappa shape index (κ3) is 3.05. The number of carbonyl (C=O) groups excluding carboxylic acids is 1. The molecule has 0 unspecified atom stereocenters. The zero-order valence-corrected chi connectivity index (χ0v) is 10.1. The summed E-state index contributed by atoms with van der Waals surface area (Å²) in [6.07, 6.45) is 5.44. The van der Waals surface area contributed by atoms with E-state index in [1.165, 1.54) is 19.3 Å². The maximum atomic E-state index is 11.1. The summed E-state index contributed by atoms with van der Waals surface area (Å²) in [4.78, 5) is 11.1. The summed E-state index contributed by atoms with van der Waals surface area (Å²) in [5.41, 5.74) is 6.39. The maximum Gasteiger partial charge on any atom is 0.271 e. The van der Waals surface area contributed by atoms with Crippen LogP contribution in [0.3, 0.4) is 0 Å². The first-order valence-electron chi connectivity index (χ1n) is 5.92. The minimum absolute atomic E-state index is 0.318. The maximum absolute atomic E-state index is 11.1. The molecule has 90 valence electrons. The number of hydrogen-bond acceptors (Lipinski definition) is 3. The van der Waals surface area contributed by atoms with Crippen LogP contribution in [0.25, 0.3) is 0 Å². The molecule has 1 aromatic heterocycles. The Hall–Kier alpha value is -1.39. The van der Waals surface area contributed by atoms with E-state index in [1.807, 2.05) is 6.92 Å². The van der Waals surface area contributed by atoms with Gasteiger partial charge in [-0.1, -0.05) is 38.3 Å². The molecule has 1 rings (SSSR count). The molecule has 0 atom stereocenters. The first-order chi connectivity index (χ1) is 7.70. The van der Waals surface area contributed by atoms with Crippen molar-refractivity contribution < 1.29 is 4.79 Å². The van der Waals surface area contributed by atoms with Crippen LogP contribution in [0.15, 0.2) is 0 Å². The van der Waals surface area contributed by atoms with E-state index >= 15 is 0 Å². The minimum atomic E-state index is -0.489. The highest BCUT2D eigenvalue weighted by atomic mass is 16.1. The Labute approximate surface area is 96.0 Å². The van der Waals surface area contributed by atoms with Crippen LogP contribution in [0.1, 0.15) is 55.7 Å². The lowest BCUT2D eigenvalue weighted by Crippen LogP contribution is -2.15. The summed E-state index contributed by atoms with van der Waals surface area (Å²) in [6.45, 7) is 4.98. The van der Waals surface area contributed by atoms with Crippen molar-refractivity contribution in [3.63, 3.8) is 0 Å². The molecule has 0 bridgehead atoms. The number of aromatic nitrogens is 3. The van der Waals surface area contributed by atoms with Crippen molar-refractivity contribution in [2.45, 2.75) is 52.5 Å². The van der Waals surface area contributed by atoms with Crippen molar-refractivity contribution in [3.05, 3.63) is 11.4 Å². The molecule has 0 aliphatic heterocycles. The average Bonchev–Trinajstić information content (AvgIpc) is 2.67. The van der Waals surface area contributed by atoms with Crippen LogP contribution >= 0.6 is 0 Å². The molecule has 0 saturated carbocycles. The number of unbranched alkanes of at least 4 members (excludes halogenated alkanes) is 3. The lowest BCUT2D eigenvalue weighted by Gasteiger charge is -2.04. The van der Waals surface area contributed by atoms with Crippen LogP contribution in [0, 0.1) is 0 Å². The SMILES string of the molecule is CCCCCCn1nnc(C(N)=O)c1CC. The van der Waals surface area contributed by atoms with E-state index in [0.29, 0.717) is 5.69 Å². The number of hydrogen-bond donors (Lipinski definition) is 1. The summed E-state index contributed by atoms with van der Waals surface area (Å²) in [6, 6.07) is 0. The topological polar surface area (TPSA) is 73.8 Å². The van der Waals surface area contributed by atoms with E-state index in [4.69, 9.17) is 5.73 Å². The lowest BCUT2D eigenvalue weighted by atomic mass is 10.2. The normalized spacial score (nSPS) is 10.6. The third-order valence-corrected chi connectivity index (χ3v) is 2.63. The standard InChI is InChI=1S/C11H20N4O/c1-3-5-6-7-8-15-9(4-2)10(11(12)16)13-14-15/h3-8H2,1-2H3,(H2,12,16). The summed E-state index contributed by atoms with van der Waals surface area (Å²) < 4.78 is 1.80. The van der Waals surface area contributed by atoms with E-state index in [9.17, 15) is 4.79 Å². The molecule has 1 amide bonds. The van der Waals surface area contributed by atoms with Gasteiger partial charge in [0.2, 0.25) is 0 Å². The molecule has 2 N–H and O–H groups in total. The smallest absolute Gasteiger partial charge is 0.271 e. The van der Waals surface area contributed by atoms with Crippen LogP contribution in [0.4, 0.5) is 0 Å². The van der Waals surface area contributed by atoms with Crippen LogP contribution in [0.2, 0.25) is 0 Å². The number of aryl methyl sites for hydroxylation is 1. The number of nitrogens with two attached hydrogens (primary N) is 1. The highest BCUT2D eigenvalue weighted by Gasteiger charge is 2.14. The Morgan fingerprint density at radius 1 is 1.31 bits per heavy atom. The van der Waals surface area contributed by atoms with Gasteiger partial charge in [-0.15, -0.1) is 5.10 Å². The molecule has 16 heavy (non-hydrogen) atoms. The van der Waals surface area contributed by atoms with Gasteiger partial charge in [0, 0.05) is 6.54 Å². The van der Waals surface area contributed by atoms with Gasteiger partial charge < -0.3 is 5.73 Å². The van der Waals surface area contributed by atoms with Gasteiger partial charge in [-0.25, -0.2) is 4.68 Å². The molecule has 0 fully saturated rings. The van der Waals surface area contributed by atoms with Gasteiger partial charge in [-0.05, 0) is 12.8 Å². The largest absolute Gasteiger partial charge is 0.364 e. The first kappa shape index (κ1) is 12.7. The highest BCUT2D eigenvalue weighted by Crippen LogP contribution is 2.08. The predicted octanol–water partition coefficient (Wildman–Crippen LogP) is 1.52. The van der Waals surface area contributed by atoms with E-state index in [0.717, 1.165) is 25.1 Å². The van der Waals surface area contributed by atoms with E-state index in [-0.39, 0.29) is 0 Å². The summed E-state index contributed by atoms with van der Waals surface area (Å²) in [5.74, 6) is -0.489. The molecule has 0 radical (unpaired) electrons. The van der Waals surface area contributed by atoms with Gasteiger partial charge in [0.1, 0.15) is 0 Å². The molecule has 0 spiro atoms. The quantitative estimate of drug-likeness (QED) is 0.713. The van der Waals surface area contributed by atoms with Gasteiger partial charge >= 0.3 is 0 Å². The van der Waals surface area contributed by atoms with Crippen molar-refractivity contribution in [1.29, 1.82) is 0 Å². The summed E-state index contributed by atoms with van der Waals surface area (Å²) in [7, 11) is 0. The predicted molar refractivity (Wildman–Crippen MR) is 62.1 cm³/mol. The molecule has 1 heterocycles. The molecule has 0 aromatic carbocycles. The zero-order chi connectivity index (χ0) is 12.0. The van der Waals surface area contributed by atoms with E-state index in [1.54, 1.807) is 4.68 Å². The monoisotopic (exact) mass is 224 g/mol. The molecule has 5 nitrogen and oxygen atoms in total. The molecule has 0 saturated heterocycles. The molecule has 1 aromatic rings. The van der Waals surface area contributed by atoms with Gasteiger partial charge in [-0.2, -0.15) is 0 Å². The van der Waals surface area contributed by atoms with Crippen LogP contribution in [-0.2, 0) is 13.0 Å². The van der Waals surface area contributed by atoms with Gasteiger partial charge in [-0.3, -0.25) is 4.79 Å². The average molecular weight is 224 g/mol. The fraction of sp³-hybridized carbons (Fsp3) is 0.727. The second-order valence-corrected chi connectivity index (χ2v) is 3.89. The highest BCUT2D eigenvalue weighted by molar-refractivity contribution is 5.91. The number of primary amides is 1. The fourth-order valence-electron chi connectivity index (χ4n) is 1.74. The second-order valence-electron chi connectivity index (χ2n) is 3.89.